The first kappa shape index (κ1) is 22.4. The Labute approximate surface area is 191 Å². The molecular formula is C28H22F3NO. The third kappa shape index (κ3) is 5.53. The first-order chi connectivity index (χ1) is 16.0. The fourth-order valence-corrected chi connectivity index (χ4v) is 3.42. The van der Waals surface area contributed by atoms with Crippen LogP contribution in [0.2, 0.25) is 0 Å². The number of ether oxygens (including phenoxy) is 1. The number of halogens is 3. The zero-order valence-electron chi connectivity index (χ0n) is 18.2. The highest BCUT2D eigenvalue weighted by atomic mass is 19.2. The molecule has 0 bridgehead atoms. The van der Waals surface area contributed by atoms with Crippen LogP contribution < -0.4 is 4.74 Å². The number of rotatable bonds is 6. The minimum Gasteiger partial charge on any atom is -0.492 e. The Morgan fingerprint density at radius 2 is 1.58 bits per heavy atom. The highest BCUT2D eigenvalue weighted by Crippen LogP contribution is 2.24. The highest BCUT2D eigenvalue weighted by Gasteiger charge is 2.13. The van der Waals surface area contributed by atoms with Crippen molar-refractivity contribution in [2.45, 2.75) is 26.2 Å². The molecule has 4 rings (SSSR count). The number of benzene rings is 3. The number of hydrogen-bond acceptors (Lipinski definition) is 2. The zero-order chi connectivity index (χ0) is 23.2. The number of aryl methyl sites for hydroxylation is 2. The molecule has 0 N–H and O–H groups in total. The van der Waals surface area contributed by atoms with Crippen LogP contribution in [0.1, 0.15) is 35.7 Å². The molecule has 166 valence electrons. The maximum absolute atomic E-state index is 13.9. The maximum atomic E-state index is 13.9. The molecular weight excluding hydrogens is 423 g/mol. The van der Waals surface area contributed by atoms with E-state index in [1.54, 1.807) is 18.3 Å². The van der Waals surface area contributed by atoms with Gasteiger partial charge in [0.2, 0.25) is 0 Å². The van der Waals surface area contributed by atoms with E-state index in [1.807, 2.05) is 36.4 Å². The molecule has 33 heavy (non-hydrogen) atoms. The molecule has 0 amide bonds. The molecule has 5 heteroatoms. The SMILES string of the molecule is CCCOc1ccc(CCc2ccc(C#Cc3ccc4c(F)c(F)c(F)cc4c3)cc2)nc1. The lowest BCUT2D eigenvalue weighted by Crippen LogP contribution is -1.98. The summed E-state index contributed by atoms with van der Waals surface area (Å²) in [7, 11) is 0. The van der Waals surface area contributed by atoms with Gasteiger partial charge in [-0.05, 0) is 72.7 Å². The largest absolute Gasteiger partial charge is 0.492 e. The number of nitrogens with zero attached hydrogens (tertiary/aromatic N) is 1. The first-order valence-electron chi connectivity index (χ1n) is 10.8. The van der Waals surface area contributed by atoms with Gasteiger partial charge in [0.25, 0.3) is 0 Å². The fraction of sp³-hybridized carbons (Fsp3) is 0.179. The predicted molar refractivity (Wildman–Crippen MR) is 124 cm³/mol. The van der Waals surface area contributed by atoms with Crippen molar-refractivity contribution >= 4 is 10.8 Å². The standard InChI is InChI=1S/C28H22F3NO/c1-2-15-33-24-13-12-23(32-18-24)11-9-20-5-3-19(4-6-20)7-8-21-10-14-25-22(16-21)17-26(29)28(31)27(25)30/h3-6,10,12-14,16-18H,2,9,11,15H2,1H3. The summed E-state index contributed by atoms with van der Waals surface area (Å²) < 4.78 is 46.3. The molecule has 0 saturated heterocycles. The Morgan fingerprint density at radius 3 is 2.30 bits per heavy atom. The Bertz CT molecular complexity index is 1320. The quantitative estimate of drug-likeness (QED) is 0.246. The van der Waals surface area contributed by atoms with E-state index in [0.29, 0.717) is 12.2 Å². The summed E-state index contributed by atoms with van der Waals surface area (Å²) in [6, 6.07) is 17.4. The van der Waals surface area contributed by atoms with Crippen molar-refractivity contribution in [3.63, 3.8) is 0 Å². The van der Waals surface area contributed by atoms with Crippen molar-refractivity contribution < 1.29 is 17.9 Å². The summed E-state index contributed by atoms with van der Waals surface area (Å²) >= 11 is 0. The molecule has 0 aliphatic heterocycles. The van der Waals surface area contributed by atoms with Crippen molar-refractivity contribution in [2.24, 2.45) is 0 Å². The fourth-order valence-electron chi connectivity index (χ4n) is 3.42. The van der Waals surface area contributed by atoms with Crippen LogP contribution in [0.3, 0.4) is 0 Å². The van der Waals surface area contributed by atoms with Gasteiger partial charge in [-0.3, -0.25) is 4.98 Å². The average Bonchev–Trinajstić information content (AvgIpc) is 2.84. The Hall–Kier alpha value is -3.78. The van der Waals surface area contributed by atoms with E-state index in [1.165, 1.54) is 11.6 Å². The molecule has 0 aliphatic rings. The monoisotopic (exact) mass is 445 g/mol. The van der Waals surface area contributed by atoms with Crippen molar-refractivity contribution in [1.82, 2.24) is 4.98 Å². The summed E-state index contributed by atoms with van der Waals surface area (Å²) in [5.41, 5.74) is 3.60. The van der Waals surface area contributed by atoms with E-state index in [0.717, 1.165) is 42.3 Å². The third-order valence-electron chi connectivity index (χ3n) is 5.22. The topological polar surface area (TPSA) is 22.1 Å². The van der Waals surface area contributed by atoms with Gasteiger partial charge in [-0.2, -0.15) is 0 Å². The van der Waals surface area contributed by atoms with Crippen LogP contribution in [0.4, 0.5) is 13.2 Å². The van der Waals surface area contributed by atoms with Crippen LogP contribution >= 0.6 is 0 Å². The van der Waals surface area contributed by atoms with Gasteiger partial charge in [0.05, 0.1) is 12.8 Å². The first-order valence-corrected chi connectivity index (χ1v) is 10.8. The molecule has 1 aromatic heterocycles. The molecule has 0 fully saturated rings. The van der Waals surface area contributed by atoms with Crippen LogP contribution in [0.5, 0.6) is 5.75 Å². The normalized spacial score (nSPS) is 10.7. The van der Waals surface area contributed by atoms with E-state index in [4.69, 9.17) is 4.74 Å². The van der Waals surface area contributed by atoms with Crippen LogP contribution in [-0.4, -0.2) is 11.6 Å². The number of hydrogen-bond donors (Lipinski definition) is 0. The Kier molecular flexibility index (Phi) is 6.95. The van der Waals surface area contributed by atoms with Crippen LogP contribution in [0.25, 0.3) is 10.8 Å². The van der Waals surface area contributed by atoms with Crippen molar-refractivity contribution in [2.75, 3.05) is 6.61 Å². The van der Waals surface area contributed by atoms with Gasteiger partial charge in [-0.25, -0.2) is 13.2 Å². The molecule has 4 aromatic rings. The van der Waals surface area contributed by atoms with Gasteiger partial charge >= 0.3 is 0 Å². The van der Waals surface area contributed by atoms with Crippen molar-refractivity contribution in [3.8, 4) is 17.6 Å². The molecule has 0 saturated carbocycles. The Morgan fingerprint density at radius 1 is 0.818 bits per heavy atom. The minimum atomic E-state index is -1.46. The van der Waals surface area contributed by atoms with E-state index >= 15 is 0 Å². The second-order valence-electron chi connectivity index (χ2n) is 7.70. The summed E-state index contributed by atoms with van der Waals surface area (Å²) in [6.45, 7) is 2.75. The Balaban J connectivity index is 1.40. The van der Waals surface area contributed by atoms with Crippen molar-refractivity contribution in [1.29, 1.82) is 0 Å². The third-order valence-corrected chi connectivity index (χ3v) is 5.22. The maximum Gasteiger partial charge on any atom is 0.195 e. The highest BCUT2D eigenvalue weighted by molar-refractivity contribution is 5.84. The molecule has 0 unspecified atom stereocenters. The zero-order valence-corrected chi connectivity index (χ0v) is 18.2. The lowest BCUT2D eigenvalue weighted by Gasteiger charge is -2.05. The summed E-state index contributed by atoms with van der Waals surface area (Å²) in [4.78, 5) is 4.45. The van der Waals surface area contributed by atoms with Gasteiger partial charge in [0.1, 0.15) is 5.75 Å². The summed E-state index contributed by atoms with van der Waals surface area (Å²) in [5.74, 6) is 2.98. The van der Waals surface area contributed by atoms with E-state index in [2.05, 4.69) is 23.7 Å². The van der Waals surface area contributed by atoms with Gasteiger partial charge in [-0.1, -0.05) is 37.0 Å². The van der Waals surface area contributed by atoms with Gasteiger partial charge in [0, 0.05) is 22.2 Å². The van der Waals surface area contributed by atoms with Crippen LogP contribution in [-0.2, 0) is 12.8 Å². The summed E-state index contributed by atoms with van der Waals surface area (Å²) in [6.07, 6.45) is 4.40. The number of fused-ring (bicyclic) bond motifs is 1. The van der Waals surface area contributed by atoms with E-state index in [-0.39, 0.29) is 10.8 Å². The lowest BCUT2D eigenvalue weighted by molar-refractivity contribution is 0.316. The molecule has 0 spiro atoms. The second kappa shape index (κ2) is 10.2. The molecule has 2 nitrogen and oxygen atoms in total. The smallest absolute Gasteiger partial charge is 0.195 e. The molecule has 0 radical (unpaired) electrons. The molecule has 0 atom stereocenters. The second-order valence-corrected chi connectivity index (χ2v) is 7.70. The van der Waals surface area contributed by atoms with Crippen LogP contribution in [0.15, 0.2) is 66.9 Å². The van der Waals surface area contributed by atoms with Gasteiger partial charge in [-0.15, -0.1) is 0 Å². The van der Waals surface area contributed by atoms with Crippen molar-refractivity contribution in [3.05, 3.63) is 107 Å². The molecule has 1 heterocycles. The van der Waals surface area contributed by atoms with Crippen LogP contribution in [0, 0.1) is 29.3 Å². The van der Waals surface area contributed by atoms with Gasteiger partial charge < -0.3 is 4.74 Å². The van der Waals surface area contributed by atoms with Gasteiger partial charge in [0.15, 0.2) is 17.5 Å². The number of pyridine rings is 1. The predicted octanol–water partition coefficient (Wildman–Crippen LogP) is 6.63. The van der Waals surface area contributed by atoms with E-state index in [9.17, 15) is 13.2 Å². The summed E-state index contributed by atoms with van der Waals surface area (Å²) in [5, 5.41) is 0.300. The van der Waals surface area contributed by atoms with E-state index < -0.39 is 17.5 Å². The number of aromatic nitrogens is 1. The lowest BCUT2D eigenvalue weighted by atomic mass is 10.0. The molecule has 3 aromatic carbocycles. The average molecular weight is 445 g/mol. The molecule has 0 aliphatic carbocycles. The minimum absolute atomic E-state index is 0.0291.